The highest BCUT2D eigenvalue weighted by Gasteiger charge is 2.17. The minimum Gasteiger partial charge on any atom is -0.469 e. The molecular formula is C21H22N2O3S. The van der Waals surface area contributed by atoms with Crippen molar-refractivity contribution in [3.63, 3.8) is 0 Å². The van der Waals surface area contributed by atoms with E-state index in [-0.39, 0.29) is 18.2 Å². The maximum absolute atomic E-state index is 12.7. The number of carbonyl (C=O) groups excluding carboxylic acids is 2. The minimum absolute atomic E-state index is 0.0624. The van der Waals surface area contributed by atoms with Crippen molar-refractivity contribution in [1.29, 1.82) is 0 Å². The van der Waals surface area contributed by atoms with Crippen LogP contribution in [0.2, 0.25) is 0 Å². The van der Waals surface area contributed by atoms with E-state index in [1.807, 2.05) is 60.9 Å². The molecule has 2 aromatic heterocycles. The fraction of sp³-hybridized carbons (Fsp3) is 0.286. The van der Waals surface area contributed by atoms with E-state index in [0.717, 1.165) is 27.3 Å². The Balaban J connectivity index is 1.69. The Hall–Kier alpha value is -2.60. The van der Waals surface area contributed by atoms with E-state index < -0.39 is 0 Å². The lowest BCUT2D eigenvalue weighted by Crippen LogP contribution is -2.10. The summed E-state index contributed by atoms with van der Waals surface area (Å²) in [5, 5.41) is 1.92. The number of ether oxygens (including phenoxy) is 1. The molecule has 0 fully saturated rings. The second-order valence-corrected chi connectivity index (χ2v) is 7.31. The highest BCUT2D eigenvalue weighted by atomic mass is 32.2. The number of aryl methyl sites for hydroxylation is 1. The minimum atomic E-state index is -0.256. The molecule has 0 aliphatic heterocycles. The number of Topliss-reactive ketones (excluding diaryl/α,β-unsaturated/α-hetero) is 1. The fourth-order valence-electron chi connectivity index (χ4n) is 3.08. The van der Waals surface area contributed by atoms with Crippen LogP contribution in [0.1, 0.15) is 28.2 Å². The summed E-state index contributed by atoms with van der Waals surface area (Å²) in [6.45, 7) is 4.37. The van der Waals surface area contributed by atoms with Crippen molar-refractivity contribution in [3.05, 3.63) is 59.4 Å². The molecule has 0 spiro atoms. The van der Waals surface area contributed by atoms with E-state index in [1.54, 1.807) is 0 Å². The second kappa shape index (κ2) is 8.39. The highest BCUT2D eigenvalue weighted by Crippen LogP contribution is 2.23. The third-order valence-electron chi connectivity index (χ3n) is 4.57. The maximum atomic E-state index is 12.7. The number of hydrogen-bond donors (Lipinski definition) is 0. The number of ketones is 1. The van der Waals surface area contributed by atoms with Crippen LogP contribution in [0, 0.1) is 13.8 Å². The third-order valence-corrected chi connectivity index (χ3v) is 5.49. The van der Waals surface area contributed by atoms with Gasteiger partial charge in [0.2, 0.25) is 0 Å². The molecule has 140 valence electrons. The zero-order chi connectivity index (χ0) is 19.4. The van der Waals surface area contributed by atoms with Gasteiger partial charge in [-0.1, -0.05) is 36.0 Å². The number of aromatic nitrogens is 2. The van der Waals surface area contributed by atoms with E-state index in [1.165, 1.54) is 18.9 Å². The van der Waals surface area contributed by atoms with Gasteiger partial charge in [0, 0.05) is 28.9 Å². The van der Waals surface area contributed by atoms with E-state index in [2.05, 4.69) is 4.98 Å². The lowest BCUT2D eigenvalue weighted by Gasteiger charge is -2.09. The maximum Gasteiger partial charge on any atom is 0.307 e. The van der Waals surface area contributed by atoms with Crippen LogP contribution in [0.25, 0.3) is 10.9 Å². The molecule has 3 aromatic rings. The first-order valence-corrected chi connectivity index (χ1v) is 9.73. The molecule has 27 heavy (non-hydrogen) atoms. The molecule has 0 aliphatic carbocycles. The van der Waals surface area contributed by atoms with Crippen molar-refractivity contribution < 1.29 is 14.3 Å². The van der Waals surface area contributed by atoms with Crippen LogP contribution >= 0.6 is 11.8 Å². The number of fused-ring (bicyclic) bond motifs is 1. The Bertz CT molecular complexity index is 994. The zero-order valence-electron chi connectivity index (χ0n) is 15.7. The number of para-hydroxylation sites is 1. The topological polar surface area (TPSA) is 61.2 Å². The van der Waals surface area contributed by atoms with Crippen molar-refractivity contribution in [2.45, 2.75) is 31.8 Å². The number of pyridine rings is 1. The number of carbonyl (C=O) groups is 2. The molecule has 0 amide bonds. The SMILES string of the molecule is COC(=O)CCn1c(C)cc(C(=O)CSc2ccc3ccccc3n2)c1C. The third kappa shape index (κ3) is 4.39. The van der Waals surface area contributed by atoms with Crippen molar-refractivity contribution in [1.82, 2.24) is 9.55 Å². The van der Waals surface area contributed by atoms with Gasteiger partial charge in [-0.05, 0) is 32.0 Å². The molecule has 0 aliphatic rings. The molecule has 0 atom stereocenters. The highest BCUT2D eigenvalue weighted by molar-refractivity contribution is 7.99. The smallest absolute Gasteiger partial charge is 0.307 e. The first-order chi connectivity index (χ1) is 13.0. The van der Waals surface area contributed by atoms with Gasteiger partial charge in [0.1, 0.15) is 0 Å². The monoisotopic (exact) mass is 382 g/mol. The largest absolute Gasteiger partial charge is 0.469 e. The fourth-order valence-corrected chi connectivity index (χ4v) is 3.84. The van der Waals surface area contributed by atoms with Gasteiger partial charge in [-0.2, -0.15) is 0 Å². The van der Waals surface area contributed by atoms with Gasteiger partial charge in [-0.15, -0.1) is 0 Å². The first-order valence-electron chi connectivity index (χ1n) is 8.75. The van der Waals surface area contributed by atoms with Crippen molar-refractivity contribution in [2.75, 3.05) is 12.9 Å². The molecule has 0 bridgehead atoms. The molecule has 0 saturated heterocycles. The van der Waals surface area contributed by atoms with Crippen LogP contribution < -0.4 is 0 Å². The van der Waals surface area contributed by atoms with Gasteiger partial charge in [0.25, 0.3) is 0 Å². The number of benzene rings is 1. The quantitative estimate of drug-likeness (QED) is 0.348. The molecule has 6 heteroatoms. The Morgan fingerprint density at radius 1 is 1.15 bits per heavy atom. The van der Waals surface area contributed by atoms with Crippen LogP contribution in [0.5, 0.6) is 0 Å². The summed E-state index contributed by atoms with van der Waals surface area (Å²) in [6.07, 6.45) is 0.288. The lowest BCUT2D eigenvalue weighted by atomic mass is 10.2. The first kappa shape index (κ1) is 19.2. The number of thioether (sulfide) groups is 1. The number of rotatable bonds is 7. The van der Waals surface area contributed by atoms with E-state index in [0.29, 0.717) is 17.9 Å². The van der Waals surface area contributed by atoms with E-state index in [9.17, 15) is 9.59 Å². The predicted molar refractivity (Wildman–Crippen MR) is 107 cm³/mol. The molecule has 0 unspecified atom stereocenters. The van der Waals surface area contributed by atoms with Crippen molar-refractivity contribution in [3.8, 4) is 0 Å². The molecule has 3 rings (SSSR count). The normalized spacial score (nSPS) is 10.9. The van der Waals surface area contributed by atoms with Gasteiger partial charge >= 0.3 is 5.97 Å². The van der Waals surface area contributed by atoms with E-state index >= 15 is 0 Å². The molecule has 5 nitrogen and oxygen atoms in total. The molecule has 0 N–H and O–H groups in total. The standard InChI is InChI=1S/C21H22N2O3S/c1-14-12-17(15(2)23(14)11-10-21(25)26-3)19(24)13-27-20-9-8-16-6-4-5-7-18(16)22-20/h4-9,12H,10-11,13H2,1-3H3. The van der Waals surface area contributed by atoms with Crippen molar-refractivity contribution in [2.24, 2.45) is 0 Å². The average molecular weight is 382 g/mol. The summed E-state index contributed by atoms with van der Waals surface area (Å²) >= 11 is 1.44. The van der Waals surface area contributed by atoms with Gasteiger partial charge < -0.3 is 9.30 Å². The van der Waals surface area contributed by atoms with Gasteiger partial charge in [-0.25, -0.2) is 4.98 Å². The Morgan fingerprint density at radius 2 is 1.93 bits per heavy atom. The summed E-state index contributed by atoms with van der Waals surface area (Å²) in [6, 6.07) is 13.8. The van der Waals surface area contributed by atoms with E-state index in [4.69, 9.17) is 4.74 Å². The molecule has 0 radical (unpaired) electrons. The Kier molecular flexibility index (Phi) is 5.96. The zero-order valence-corrected chi connectivity index (χ0v) is 16.5. The van der Waals surface area contributed by atoms with Gasteiger partial charge in [-0.3, -0.25) is 9.59 Å². The summed E-state index contributed by atoms with van der Waals surface area (Å²) in [5.41, 5.74) is 3.48. The Morgan fingerprint density at radius 3 is 2.70 bits per heavy atom. The van der Waals surface area contributed by atoms with Crippen LogP contribution in [0.4, 0.5) is 0 Å². The number of nitrogens with zero attached hydrogens (tertiary/aromatic N) is 2. The molecule has 0 saturated carbocycles. The predicted octanol–water partition coefficient (Wildman–Crippen LogP) is 4.19. The summed E-state index contributed by atoms with van der Waals surface area (Å²) < 4.78 is 6.68. The summed E-state index contributed by atoms with van der Waals surface area (Å²) in [4.78, 5) is 28.7. The Labute approximate surface area is 162 Å². The summed E-state index contributed by atoms with van der Waals surface area (Å²) in [5.74, 6) is 0.132. The van der Waals surface area contributed by atoms with Crippen LogP contribution in [0.15, 0.2) is 47.5 Å². The average Bonchev–Trinajstić information content (AvgIpc) is 2.97. The molecule has 2 heterocycles. The number of hydrogen-bond acceptors (Lipinski definition) is 5. The molecule has 1 aromatic carbocycles. The van der Waals surface area contributed by atoms with Gasteiger partial charge in [0.15, 0.2) is 5.78 Å². The lowest BCUT2D eigenvalue weighted by molar-refractivity contribution is -0.140. The molecular weight excluding hydrogens is 360 g/mol. The van der Waals surface area contributed by atoms with Crippen LogP contribution in [0.3, 0.4) is 0 Å². The number of esters is 1. The second-order valence-electron chi connectivity index (χ2n) is 6.32. The van der Waals surface area contributed by atoms with Crippen molar-refractivity contribution >= 4 is 34.4 Å². The number of methoxy groups -OCH3 is 1. The van der Waals surface area contributed by atoms with Crippen LogP contribution in [-0.2, 0) is 16.1 Å². The summed E-state index contributed by atoms with van der Waals surface area (Å²) in [7, 11) is 1.38. The van der Waals surface area contributed by atoms with Crippen LogP contribution in [-0.4, -0.2) is 34.2 Å². The van der Waals surface area contributed by atoms with Gasteiger partial charge in [0.05, 0.1) is 29.8 Å².